The van der Waals surface area contributed by atoms with Crippen LogP contribution in [0.4, 0.5) is 13.2 Å². The smallest absolute Gasteiger partial charge is 0.471 e. The first-order chi connectivity index (χ1) is 8.21. The summed E-state index contributed by atoms with van der Waals surface area (Å²) in [6.07, 6.45) is -2.56. The van der Waals surface area contributed by atoms with Crippen molar-refractivity contribution in [2.45, 2.75) is 12.7 Å². The molecule has 0 saturated heterocycles. The number of aromatic nitrogens is 2. The van der Waals surface area contributed by atoms with E-state index in [1.165, 1.54) is 17.1 Å². The molecule has 0 saturated carbocycles. The number of carbonyl (C=O) groups is 2. The van der Waals surface area contributed by atoms with Crippen LogP contribution in [0.5, 0.6) is 0 Å². The first-order valence-electron chi connectivity index (χ1n) is 4.79. The molecule has 0 spiro atoms. The summed E-state index contributed by atoms with van der Waals surface area (Å²) in [4.78, 5) is 25.3. The lowest BCUT2D eigenvalue weighted by Crippen LogP contribution is -2.39. The zero-order chi connectivity index (χ0) is 13.9. The van der Waals surface area contributed by atoms with Gasteiger partial charge in [-0.3, -0.25) is 4.79 Å². The average molecular weight is 265 g/mol. The molecule has 1 amide bonds. The number of aromatic carboxylic acids is 1. The van der Waals surface area contributed by atoms with Crippen LogP contribution in [0.25, 0.3) is 0 Å². The lowest BCUT2D eigenvalue weighted by molar-refractivity contribution is -0.184. The van der Waals surface area contributed by atoms with Gasteiger partial charge in [-0.15, -0.1) is 0 Å². The van der Waals surface area contributed by atoms with Gasteiger partial charge in [0.2, 0.25) is 0 Å². The molecule has 1 N–H and O–H groups in total. The SMILES string of the molecule is CN(CCn1cnc(C(=O)O)c1)C(=O)C(F)(F)F. The second-order valence-electron chi connectivity index (χ2n) is 3.53. The van der Waals surface area contributed by atoms with E-state index in [9.17, 15) is 22.8 Å². The van der Waals surface area contributed by atoms with Gasteiger partial charge in [0.1, 0.15) is 0 Å². The molecule has 9 heteroatoms. The number of carboxylic acids is 1. The number of hydrogen-bond donors (Lipinski definition) is 1. The number of carboxylic acid groups (broad SMARTS) is 1. The van der Waals surface area contributed by atoms with Crippen molar-refractivity contribution in [1.29, 1.82) is 0 Å². The quantitative estimate of drug-likeness (QED) is 0.865. The molecule has 0 aliphatic carbocycles. The molecule has 0 unspecified atom stereocenters. The molecule has 18 heavy (non-hydrogen) atoms. The number of halogens is 3. The standard InChI is InChI=1S/C9H10F3N3O3/c1-14(8(18)9(10,11)12)2-3-15-4-6(7(16)17)13-5-15/h4-5H,2-3H2,1H3,(H,16,17). The molecule has 1 heterocycles. The summed E-state index contributed by atoms with van der Waals surface area (Å²) < 4.78 is 37.4. The van der Waals surface area contributed by atoms with Gasteiger partial charge in [0.25, 0.3) is 0 Å². The van der Waals surface area contributed by atoms with Gasteiger partial charge in [0.05, 0.1) is 6.33 Å². The van der Waals surface area contributed by atoms with E-state index >= 15 is 0 Å². The first-order valence-corrected chi connectivity index (χ1v) is 4.79. The third-order valence-electron chi connectivity index (χ3n) is 2.14. The molecule has 100 valence electrons. The Labute approximate surface area is 99.6 Å². The largest absolute Gasteiger partial charge is 0.476 e. The van der Waals surface area contributed by atoms with Gasteiger partial charge < -0.3 is 14.6 Å². The van der Waals surface area contributed by atoms with E-state index in [0.29, 0.717) is 4.90 Å². The van der Waals surface area contributed by atoms with Crippen LogP contribution in [0.15, 0.2) is 12.5 Å². The number of alkyl halides is 3. The minimum Gasteiger partial charge on any atom is -0.476 e. The summed E-state index contributed by atoms with van der Waals surface area (Å²) in [5.74, 6) is -3.17. The summed E-state index contributed by atoms with van der Waals surface area (Å²) in [7, 11) is 1.02. The van der Waals surface area contributed by atoms with E-state index in [1.54, 1.807) is 0 Å². The summed E-state index contributed by atoms with van der Waals surface area (Å²) >= 11 is 0. The van der Waals surface area contributed by atoms with Crippen LogP contribution in [-0.4, -0.2) is 51.2 Å². The van der Waals surface area contributed by atoms with Crippen molar-refractivity contribution in [1.82, 2.24) is 14.5 Å². The van der Waals surface area contributed by atoms with E-state index in [-0.39, 0.29) is 18.8 Å². The van der Waals surface area contributed by atoms with Gasteiger partial charge in [-0.1, -0.05) is 0 Å². The summed E-state index contributed by atoms with van der Waals surface area (Å²) in [5.41, 5.74) is -0.209. The highest BCUT2D eigenvalue weighted by Crippen LogP contribution is 2.17. The maximum absolute atomic E-state index is 12.0. The molecule has 0 radical (unpaired) electrons. The van der Waals surface area contributed by atoms with Gasteiger partial charge in [0.15, 0.2) is 5.69 Å². The molecular formula is C9H10F3N3O3. The molecule has 1 rings (SSSR count). The van der Waals surface area contributed by atoms with E-state index < -0.39 is 18.1 Å². The van der Waals surface area contributed by atoms with Crippen molar-refractivity contribution in [3.63, 3.8) is 0 Å². The minimum atomic E-state index is -4.91. The number of nitrogens with zero attached hydrogens (tertiary/aromatic N) is 3. The Kier molecular flexibility index (Phi) is 3.94. The zero-order valence-corrected chi connectivity index (χ0v) is 9.31. The fourth-order valence-electron chi connectivity index (χ4n) is 1.18. The Morgan fingerprint density at radius 1 is 1.50 bits per heavy atom. The molecule has 0 aromatic carbocycles. The fraction of sp³-hybridized carbons (Fsp3) is 0.444. The third-order valence-corrected chi connectivity index (χ3v) is 2.14. The zero-order valence-electron chi connectivity index (χ0n) is 9.31. The highest BCUT2D eigenvalue weighted by molar-refractivity contribution is 5.84. The number of rotatable bonds is 4. The number of carbonyl (C=O) groups excluding carboxylic acids is 1. The van der Waals surface area contributed by atoms with Crippen molar-refractivity contribution in [3.05, 3.63) is 18.2 Å². The lowest BCUT2D eigenvalue weighted by Gasteiger charge is -2.18. The summed E-state index contributed by atoms with van der Waals surface area (Å²) in [5, 5.41) is 8.58. The van der Waals surface area contributed by atoms with Gasteiger partial charge in [0, 0.05) is 26.3 Å². The third kappa shape index (κ3) is 3.47. The predicted molar refractivity (Wildman–Crippen MR) is 52.9 cm³/mol. The van der Waals surface area contributed by atoms with Crippen molar-refractivity contribution in [2.75, 3.05) is 13.6 Å². The molecule has 0 bridgehead atoms. The monoisotopic (exact) mass is 265 g/mol. The van der Waals surface area contributed by atoms with Crippen molar-refractivity contribution in [3.8, 4) is 0 Å². The molecule has 6 nitrogen and oxygen atoms in total. The molecule has 0 aliphatic rings. The first kappa shape index (κ1) is 14.0. The van der Waals surface area contributed by atoms with Crippen molar-refractivity contribution >= 4 is 11.9 Å². The van der Waals surface area contributed by atoms with E-state index in [0.717, 1.165) is 7.05 Å². The number of hydrogen-bond acceptors (Lipinski definition) is 3. The van der Waals surface area contributed by atoms with Crippen LogP contribution >= 0.6 is 0 Å². The fourth-order valence-corrected chi connectivity index (χ4v) is 1.18. The number of imidazole rings is 1. The normalized spacial score (nSPS) is 11.3. The lowest BCUT2D eigenvalue weighted by atomic mass is 10.4. The van der Waals surface area contributed by atoms with Crippen LogP contribution in [0.2, 0.25) is 0 Å². The van der Waals surface area contributed by atoms with E-state index in [4.69, 9.17) is 5.11 Å². The second kappa shape index (κ2) is 5.07. The topological polar surface area (TPSA) is 75.4 Å². The summed E-state index contributed by atoms with van der Waals surface area (Å²) in [6.45, 7) is -0.174. The Bertz CT molecular complexity index is 455. The van der Waals surface area contributed by atoms with Gasteiger partial charge >= 0.3 is 18.1 Å². The highest BCUT2D eigenvalue weighted by Gasteiger charge is 2.40. The van der Waals surface area contributed by atoms with Crippen LogP contribution in [0, 0.1) is 0 Å². The number of likely N-dealkylation sites (N-methyl/N-ethyl adjacent to an activating group) is 1. The molecular weight excluding hydrogens is 255 g/mol. The van der Waals surface area contributed by atoms with Gasteiger partial charge in [-0.05, 0) is 0 Å². The van der Waals surface area contributed by atoms with Crippen LogP contribution in [0.3, 0.4) is 0 Å². The number of amides is 1. The molecule has 1 aromatic heterocycles. The Balaban J connectivity index is 2.55. The molecule has 0 aliphatic heterocycles. The van der Waals surface area contributed by atoms with Crippen LogP contribution in [0.1, 0.15) is 10.5 Å². The Morgan fingerprint density at radius 3 is 2.56 bits per heavy atom. The minimum absolute atomic E-state index is 0.0264. The van der Waals surface area contributed by atoms with E-state index in [1.807, 2.05) is 0 Å². The molecule has 0 atom stereocenters. The maximum Gasteiger partial charge on any atom is 0.471 e. The van der Waals surface area contributed by atoms with Gasteiger partial charge in [-0.2, -0.15) is 13.2 Å². The summed E-state index contributed by atoms with van der Waals surface area (Å²) in [6, 6.07) is 0. The second-order valence-corrected chi connectivity index (χ2v) is 3.53. The van der Waals surface area contributed by atoms with Crippen LogP contribution in [-0.2, 0) is 11.3 Å². The average Bonchev–Trinajstić information content (AvgIpc) is 2.72. The molecule has 1 aromatic rings. The Morgan fingerprint density at radius 2 is 2.11 bits per heavy atom. The van der Waals surface area contributed by atoms with Gasteiger partial charge in [-0.25, -0.2) is 9.78 Å². The van der Waals surface area contributed by atoms with Crippen molar-refractivity contribution < 1.29 is 27.9 Å². The Hall–Kier alpha value is -2.06. The maximum atomic E-state index is 12.0. The van der Waals surface area contributed by atoms with E-state index in [2.05, 4.69) is 4.98 Å². The highest BCUT2D eigenvalue weighted by atomic mass is 19.4. The molecule has 0 fully saturated rings. The van der Waals surface area contributed by atoms with Crippen molar-refractivity contribution in [2.24, 2.45) is 0 Å². The van der Waals surface area contributed by atoms with Crippen LogP contribution < -0.4 is 0 Å². The predicted octanol–water partition coefficient (Wildman–Crippen LogP) is 0.602.